The van der Waals surface area contributed by atoms with Crippen LogP contribution in [-0.2, 0) is 10.0 Å². The number of rotatable bonds is 6. The Labute approximate surface area is 124 Å². The van der Waals surface area contributed by atoms with Gasteiger partial charge in [0.15, 0.2) is 0 Å². The van der Waals surface area contributed by atoms with Crippen LogP contribution in [0.25, 0.3) is 0 Å². The largest absolute Gasteiger partial charge is 0.478 e. The SMILES string of the molecule is Cc1cc(C(=O)O)cc(S(=O)(=O)NCC(O)C(C)C)c1C. The highest BCUT2D eigenvalue weighted by molar-refractivity contribution is 7.89. The van der Waals surface area contributed by atoms with Crippen molar-refractivity contribution in [2.24, 2.45) is 5.92 Å². The van der Waals surface area contributed by atoms with Gasteiger partial charge in [0, 0.05) is 6.54 Å². The fourth-order valence-corrected chi connectivity index (χ4v) is 3.13. The van der Waals surface area contributed by atoms with Crippen molar-refractivity contribution in [3.05, 3.63) is 28.8 Å². The molecule has 7 heteroatoms. The molecular weight excluding hydrogens is 294 g/mol. The number of aliphatic hydroxyl groups is 1. The Morgan fingerprint density at radius 2 is 1.86 bits per heavy atom. The molecule has 0 aliphatic rings. The average Bonchev–Trinajstić information content (AvgIpc) is 2.38. The molecule has 0 spiro atoms. The molecule has 1 rings (SSSR count). The molecule has 0 bridgehead atoms. The molecule has 0 radical (unpaired) electrons. The summed E-state index contributed by atoms with van der Waals surface area (Å²) in [6.45, 7) is 6.72. The molecule has 0 saturated heterocycles. The second kappa shape index (κ2) is 6.55. The van der Waals surface area contributed by atoms with Gasteiger partial charge in [-0.2, -0.15) is 0 Å². The topological polar surface area (TPSA) is 104 Å². The molecule has 0 saturated carbocycles. The van der Waals surface area contributed by atoms with E-state index < -0.39 is 22.1 Å². The van der Waals surface area contributed by atoms with Gasteiger partial charge >= 0.3 is 5.97 Å². The van der Waals surface area contributed by atoms with Crippen LogP contribution in [0.15, 0.2) is 17.0 Å². The maximum Gasteiger partial charge on any atom is 0.335 e. The van der Waals surface area contributed by atoms with Gasteiger partial charge in [-0.05, 0) is 43.0 Å². The third-order valence-corrected chi connectivity index (χ3v) is 4.96. The predicted octanol–water partition coefficient (Wildman–Crippen LogP) is 1.30. The minimum Gasteiger partial charge on any atom is -0.478 e. The van der Waals surface area contributed by atoms with Crippen molar-refractivity contribution in [2.75, 3.05) is 6.54 Å². The number of carbonyl (C=O) groups is 1. The molecule has 0 heterocycles. The smallest absolute Gasteiger partial charge is 0.335 e. The minimum absolute atomic E-state index is 0.0733. The van der Waals surface area contributed by atoms with Crippen LogP contribution in [0.4, 0.5) is 0 Å². The van der Waals surface area contributed by atoms with Gasteiger partial charge in [0.25, 0.3) is 0 Å². The fraction of sp³-hybridized carbons (Fsp3) is 0.500. The van der Waals surface area contributed by atoms with Crippen molar-refractivity contribution in [1.82, 2.24) is 4.72 Å². The number of carboxylic acid groups (broad SMARTS) is 1. The van der Waals surface area contributed by atoms with E-state index in [4.69, 9.17) is 5.11 Å². The van der Waals surface area contributed by atoms with Crippen molar-refractivity contribution in [3.63, 3.8) is 0 Å². The number of aromatic carboxylic acids is 1. The molecule has 0 aliphatic heterocycles. The number of nitrogens with one attached hydrogen (secondary N) is 1. The molecule has 118 valence electrons. The molecule has 0 aromatic heterocycles. The molecule has 0 fully saturated rings. The maximum atomic E-state index is 12.3. The number of aryl methyl sites for hydroxylation is 1. The van der Waals surface area contributed by atoms with Crippen molar-refractivity contribution >= 4 is 16.0 Å². The number of benzene rings is 1. The second-order valence-electron chi connectivity index (χ2n) is 5.38. The zero-order valence-electron chi connectivity index (χ0n) is 12.5. The minimum atomic E-state index is -3.87. The van der Waals surface area contributed by atoms with E-state index in [1.54, 1.807) is 27.7 Å². The predicted molar refractivity (Wildman–Crippen MR) is 78.9 cm³/mol. The zero-order valence-corrected chi connectivity index (χ0v) is 13.4. The van der Waals surface area contributed by atoms with E-state index in [0.717, 1.165) is 6.07 Å². The molecule has 0 aliphatic carbocycles. The normalized spacial score (nSPS) is 13.4. The lowest BCUT2D eigenvalue weighted by atomic mass is 10.1. The third-order valence-electron chi connectivity index (χ3n) is 3.41. The highest BCUT2D eigenvalue weighted by Crippen LogP contribution is 2.21. The van der Waals surface area contributed by atoms with Gasteiger partial charge in [0.05, 0.1) is 16.6 Å². The van der Waals surface area contributed by atoms with Gasteiger partial charge in [-0.1, -0.05) is 13.8 Å². The van der Waals surface area contributed by atoms with Crippen LogP contribution in [0.3, 0.4) is 0 Å². The molecular formula is C14H21NO5S. The molecule has 1 atom stereocenters. The summed E-state index contributed by atoms with van der Waals surface area (Å²) in [5.74, 6) is -1.27. The Morgan fingerprint density at radius 1 is 1.29 bits per heavy atom. The van der Waals surface area contributed by atoms with Crippen molar-refractivity contribution < 1.29 is 23.4 Å². The summed E-state index contributed by atoms with van der Waals surface area (Å²) in [5.41, 5.74) is 0.995. The standard InChI is InChI=1S/C14H21NO5S/c1-8(2)12(16)7-15-21(19,20)13-6-11(14(17)18)5-9(3)10(13)4/h5-6,8,12,15-16H,7H2,1-4H3,(H,17,18). The highest BCUT2D eigenvalue weighted by atomic mass is 32.2. The van der Waals surface area contributed by atoms with Gasteiger partial charge in [-0.3, -0.25) is 0 Å². The molecule has 21 heavy (non-hydrogen) atoms. The Hall–Kier alpha value is -1.44. The quantitative estimate of drug-likeness (QED) is 0.734. The van der Waals surface area contributed by atoms with Crippen molar-refractivity contribution in [1.29, 1.82) is 0 Å². The summed E-state index contributed by atoms with van der Waals surface area (Å²) in [4.78, 5) is 11.0. The van der Waals surface area contributed by atoms with Gasteiger partial charge in [0.2, 0.25) is 10.0 Å². The first kappa shape index (κ1) is 17.6. The highest BCUT2D eigenvalue weighted by Gasteiger charge is 2.22. The number of aliphatic hydroxyl groups excluding tert-OH is 1. The third kappa shape index (κ3) is 4.26. The summed E-state index contributed by atoms with van der Waals surface area (Å²) >= 11 is 0. The Kier molecular flexibility index (Phi) is 5.49. The monoisotopic (exact) mass is 315 g/mol. The molecule has 1 unspecified atom stereocenters. The van der Waals surface area contributed by atoms with Crippen LogP contribution in [0.2, 0.25) is 0 Å². The Bertz CT molecular complexity index is 637. The molecule has 3 N–H and O–H groups in total. The van der Waals surface area contributed by atoms with Gasteiger partial charge in [0.1, 0.15) is 0 Å². The summed E-state index contributed by atoms with van der Waals surface area (Å²) in [7, 11) is -3.87. The van der Waals surface area contributed by atoms with E-state index in [1.165, 1.54) is 6.07 Å². The molecule has 1 aromatic carbocycles. The van der Waals surface area contributed by atoms with Crippen molar-refractivity contribution in [3.8, 4) is 0 Å². The summed E-state index contributed by atoms with van der Waals surface area (Å²) in [6.07, 6.45) is -0.802. The molecule has 1 aromatic rings. The summed E-state index contributed by atoms with van der Waals surface area (Å²) in [6, 6.07) is 2.56. The lowest BCUT2D eigenvalue weighted by Gasteiger charge is -2.17. The first-order chi connectivity index (χ1) is 9.56. The first-order valence-electron chi connectivity index (χ1n) is 6.58. The van der Waals surface area contributed by atoms with E-state index in [9.17, 15) is 18.3 Å². The van der Waals surface area contributed by atoms with Gasteiger partial charge in [-0.25, -0.2) is 17.9 Å². The van der Waals surface area contributed by atoms with E-state index in [-0.39, 0.29) is 22.9 Å². The van der Waals surface area contributed by atoms with Crippen LogP contribution >= 0.6 is 0 Å². The van der Waals surface area contributed by atoms with Crippen LogP contribution in [0.1, 0.15) is 35.3 Å². The number of hydrogen-bond acceptors (Lipinski definition) is 4. The number of carboxylic acids is 1. The molecule has 0 amide bonds. The lowest BCUT2D eigenvalue weighted by Crippen LogP contribution is -2.35. The van der Waals surface area contributed by atoms with Gasteiger partial charge < -0.3 is 10.2 Å². The summed E-state index contributed by atoms with van der Waals surface area (Å²) < 4.78 is 26.9. The van der Waals surface area contributed by atoms with Crippen molar-refractivity contribution in [2.45, 2.75) is 38.7 Å². The zero-order chi connectivity index (χ0) is 16.4. The first-order valence-corrected chi connectivity index (χ1v) is 8.07. The van der Waals surface area contributed by atoms with Crippen LogP contribution < -0.4 is 4.72 Å². The molecule has 6 nitrogen and oxygen atoms in total. The Morgan fingerprint density at radius 3 is 2.33 bits per heavy atom. The number of hydrogen-bond donors (Lipinski definition) is 3. The Balaban J connectivity index is 3.16. The van der Waals surface area contributed by atoms with E-state index in [1.807, 2.05) is 0 Å². The van der Waals surface area contributed by atoms with Crippen LogP contribution in [-0.4, -0.2) is 37.2 Å². The maximum absolute atomic E-state index is 12.3. The fourth-order valence-electron chi connectivity index (χ4n) is 1.74. The van der Waals surface area contributed by atoms with E-state index in [2.05, 4.69) is 4.72 Å². The van der Waals surface area contributed by atoms with Gasteiger partial charge in [-0.15, -0.1) is 0 Å². The lowest BCUT2D eigenvalue weighted by molar-refractivity contribution is 0.0696. The van der Waals surface area contributed by atoms with Crippen LogP contribution in [0, 0.1) is 19.8 Å². The average molecular weight is 315 g/mol. The summed E-state index contributed by atoms with van der Waals surface area (Å²) in [5, 5.41) is 18.7. The second-order valence-corrected chi connectivity index (χ2v) is 7.12. The van der Waals surface area contributed by atoms with Crippen LogP contribution in [0.5, 0.6) is 0 Å². The number of sulfonamides is 1. The van der Waals surface area contributed by atoms with E-state index >= 15 is 0 Å². The van der Waals surface area contributed by atoms with E-state index in [0.29, 0.717) is 11.1 Å².